The van der Waals surface area contributed by atoms with Crippen molar-refractivity contribution in [3.05, 3.63) is 48.2 Å². The van der Waals surface area contributed by atoms with E-state index in [1.54, 1.807) is 29.9 Å². The molecule has 0 aliphatic carbocycles. The summed E-state index contributed by atoms with van der Waals surface area (Å²) in [6.07, 6.45) is 5.21. The van der Waals surface area contributed by atoms with E-state index in [9.17, 15) is 0 Å². The lowest BCUT2D eigenvalue weighted by atomic mass is 10.1. The van der Waals surface area contributed by atoms with Crippen molar-refractivity contribution in [3.63, 3.8) is 0 Å². The molecule has 0 atom stereocenters. The molecule has 0 aliphatic heterocycles. The smallest absolute Gasteiger partial charge is 0.134 e. The van der Waals surface area contributed by atoms with Gasteiger partial charge in [-0.1, -0.05) is 6.07 Å². The summed E-state index contributed by atoms with van der Waals surface area (Å²) in [5.41, 5.74) is 8.66. The summed E-state index contributed by atoms with van der Waals surface area (Å²) in [5.74, 6) is 0.480. The Balaban J connectivity index is 2.25. The first-order valence-corrected chi connectivity index (χ1v) is 6.30. The second-order valence-corrected chi connectivity index (χ2v) is 4.57. The quantitative estimate of drug-likeness (QED) is 0.763. The first-order chi connectivity index (χ1) is 8.86. The van der Waals surface area contributed by atoms with Crippen LogP contribution in [0.25, 0.3) is 21.8 Å². The highest BCUT2D eigenvalue weighted by Crippen LogP contribution is 2.35. The van der Waals surface area contributed by atoms with E-state index in [0.29, 0.717) is 5.82 Å². The lowest BCUT2D eigenvalue weighted by Crippen LogP contribution is -1.97. The van der Waals surface area contributed by atoms with Crippen LogP contribution < -0.4 is 5.73 Å². The van der Waals surface area contributed by atoms with Gasteiger partial charge in [-0.25, -0.2) is 9.97 Å². The first kappa shape index (κ1) is 10.9. The molecule has 0 amide bonds. The number of pyridine rings is 2. The van der Waals surface area contributed by atoms with Gasteiger partial charge in [-0.05, 0) is 18.2 Å². The number of thiazole rings is 1. The Hall–Kier alpha value is -2.27. The lowest BCUT2D eigenvalue weighted by molar-refractivity contribution is 1.28. The zero-order valence-electron chi connectivity index (χ0n) is 9.45. The van der Waals surface area contributed by atoms with Gasteiger partial charge in [0.05, 0.1) is 11.3 Å². The van der Waals surface area contributed by atoms with Gasteiger partial charge < -0.3 is 5.73 Å². The third kappa shape index (κ3) is 1.84. The van der Waals surface area contributed by atoms with Gasteiger partial charge in [0.1, 0.15) is 10.8 Å². The number of nitrogens with zero attached hydrogens (tertiary/aromatic N) is 3. The third-order valence-electron chi connectivity index (χ3n) is 2.57. The summed E-state index contributed by atoms with van der Waals surface area (Å²) in [6, 6.07) is 7.70. The molecule has 3 rings (SSSR count). The van der Waals surface area contributed by atoms with Gasteiger partial charge in [0.25, 0.3) is 0 Å². The van der Waals surface area contributed by atoms with Gasteiger partial charge in [-0.2, -0.15) is 0 Å². The van der Waals surface area contributed by atoms with Crippen molar-refractivity contribution in [2.75, 3.05) is 5.73 Å². The summed E-state index contributed by atoms with van der Waals surface area (Å²) < 4.78 is 0. The average molecular weight is 254 g/mol. The van der Waals surface area contributed by atoms with E-state index in [2.05, 4.69) is 15.0 Å². The summed E-state index contributed by atoms with van der Waals surface area (Å²) in [7, 11) is 0. The van der Waals surface area contributed by atoms with E-state index in [1.807, 2.05) is 29.6 Å². The molecule has 0 spiro atoms. The van der Waals surface area contributed by atoms with E-state index in [0.717, 1.165) is 21.8 Å². The Bertz CT molecular complexity index is 650. The summed E-state index contributed by atoms with van der Waals surface area (Å²) in [5, 5.41) is 2.78. The Morgan fingerprint density at radius 1 is 0.944 bits per heavy atom. The molecule has 0 saturated heterocycles. The monoisotopic (exact) mass is 254 g/mol. The van der Waals surface area contributed by atoms with Gasteiger partial charge in [0.15, 0.2) is 0 Å². The van der Waals surface area contributed by atoms with Gasteiger partial charge >= 0.3 is 0 Å². The predicted octanol–water partition coefficient (Wildman–Crippen LogP) is 2.85. The molecule has 4 nitrogen and oxygen atoms in total. The molecule has 0 fully saturated rings. The third-order valence-corrected chi connectivity index (χ3v) is 3.36. The van der Waals surface area contributed by atoms with Crippen molar-refractivity contribution in [2.45, 2.75) is 0 Å². The topological polar surface area (TPSA) is 64.7 Å². The molecule has 2 N–H and O–H groups in total. The predicted molar refractivity (Wildman–Crippen MR) is 73.0 cm³/mol. The highest BCUT2D eigenvalue weighted by Gasteiger charge is 2.14. The SMILES string of the molecule is Nc1nccc(-c2ccccn2)c1-c1nccs1. The van der Waals surface area contributed by atoms with Crippen molar-refractivity contribution in [2.24, 2.45) is 0 Å². The van der Waals surface area contributed by atoms with Gasteiger partial charge in [-0.3, -0.25) is 4.98 Å². The zero-order valence-corrected chi connectivity index (χ0v) is 10.3. The molecule has 3 aromatic heterocycles. The molecule has 88 valence electrons. The molecule has 0 aromatic carbocycles. The van der Waals surface area contributed by atoms with Crippen molar-refractivity contribution in [1.29, 1.82) is 0 Å². The number of hydrogen-bond donors (Lipinski definition) is 1. The summed E-state index contributed by atoms with van der Waals surface area (Å²) in [4.78, 5) is 12.8. The molecular formula is C13H10N4S. The molecule has 0 unspecified atom stereocenters. The first-order valence-electron chi connectivity index (χ1n) is 5.42. The van der Waals surface area contributed by atoms with Crippen molar-refractivity contribution >= 4 is 17.2 Å². The van der Waals surface area contributed by atoms with Crippen LogP contribution in [0.15, 0.2) is 48.2 Å². The highest BCUT2D eigenvalue weighted by atomic mass is 32.1. The highest BCUT2D eigenvalue weighted by molar-refractivity contribution is 7.13. The molecule has 18 heavy (non-hydrogen) atoms. The molecule has 0 radical (unpaired) electrons. The van der Waals surface area contributed by atoms with E-state index in [4.69, 9.17) is 5.73 Å². The standard InChI is InChI=1S/C13H10N4S/c14-12-11(13-17-7-8-18-13)9(4-6-16-12)10-3-1-2-5-15-10/h1-8H,(H2,14,16). The molecule has 5 heteroatoms. The van der Waals surface area contributed by atoms with Crippen molar-refractivity contribution < 1.29 is 0 Å². The number of hydrogen-bond acceptors (Lipinski definition) is 5. The van der Waals surface area contributed by atoms with E-state index in [1.165, 1.54) is 0 Å². The molecular weight excluding hydrogens is 244 g/mol. The average Bonchev–Trinajstić information content (AvgIpc) is 2.93. The van der Waals surface area contributed by atoms with Crippen LogP contribution in [0.3, 0.4) is 0 Å². The van der Waals surface area contributed by atoms with Gasteiger partial charge in [-0.15, -0.1) is 11.3 Å². The summed E-state index contributed by atoms with van der Waals surface area (Å²) >= 11 is 1.54. The lowest BCUT2D eigenvalue weighted by Gasteiger charge is -2.08. The van der Waals surface area contributed by atoms with Crippen LogP contribution in [0, 0.1) is 0 Å². The maximum Gasteiger partial charge on any atom is 0.134 e. The molecule has 0 saturated carbocycles. The Morgan fingerprint density at radius 2 is 1.89 bits per heavy atom. The minimum atomic E-state index is 0.480. The minimum Gasteiger partial charge on any atom is -0.383 e. The zero-order chi connectivity index (χ0) is 12.4. The number of rotatable bonds is 2. The summed E-state index contributed by atoms with van der Waals surface area (Å²) in [6.45, 7) is 0. The molecule has 3 heterocycles. The number of nitrogens with two attached hydrogens (primary N) is 1. The number of aromatic nitrogens is 3. The van der Waals surface area contributed by atoms with Crippen LogP contribution in [0.1, 0.15) is 0 Å². The van der Waals surface area contributed by atoms with Crippen LogP contribution in [0.5, 0.6) is 0 Å². The fourth-order valence-electron chi connectivity index (χ4n) is 1.79. The Kier molecular flexibility index (Phi) is 2.74. The molecule has 3 aromatic rings. The molecule has 0 bridgehead atoms. The van der Waals surface area contributed by atoms with E-state index >= 15 is 0 Å². The van der Waals surface area contributed by atoms with E-state index < -0.39 is 0 Å². The fraction of sp³-hybridized carbons (Fsp3) is 0. The van der Waals surface area contributed by atoms with Crippen molar-refractivity contribution in [1.82, 2.24) is 15.0 Å². The van der Waals surface area contributed by atoms with Crippen molar-refractivity contribution in [3.8, 4) is 21.8 Å². The normalized spacial score (nSPS) is 10.4. The second-order valence-electron chi connectivity index (χ2n) is 3.67. The van der Waals surface area contributed by atoms with Crippen LogP contribution in [0.2, 0.25) is 0 Å². The number of nitrogen functional groups attached to an aromatic ring is 1. The van der Waals surface area contributed by atoms with Crippen LogP contribution >= 0.6 is 11.3 Å². The van der Waals surface area contributed by atoms with E-state index in [-0.39, 0.29) is 0 Å². The van der Waals surface area contributed by atoms with Crippen LogP contribution in [-0.2, 0) is 0 Å². The fourth-order valence-corrected chi connectivity index (χ4v) is 2.49. The van der Waals surface area contributed by atoms with Crippen LogP contribution in [-0.4, -0.2) is 15.0 Å². The largest absolute Gasteiger partial charge is 0.383 e. The Morgan fingerprint density at radius 3 is 2.61 bits per heavy atom. The van der Waals surface area contributed by atoms with Crippen LogP contribution in [0.4, 0.5) is 5.82 Å². The van der Waals surface area contributed by atoms with Gasteiger partial charge in [0, 0.05) is 29.5 Å². The maximum absolute atomic E-state index is 5.98. The minimum absolute atomic E-state index is 0.480. The second kappa shape index (κ2) is 4.54. The number of anilines is 1. The Labute approximate surface area is 108 Å². The maximum atomic E-state index is 5.98. The van der Waals surface area contributed by atoms with Gasteiger partial charge in [0.2, 0.25) is 0 Å². The molecule has 0 aliphatic rings.